The van der Waals surface area contributed by atoms with Gasteiger partial charge in [0, 0.05) is 44.8 Å². The van der Waals surface area contributed by atoms with Crippen LogP contribution in [0, 0.1) is 23.7 Å². The predicted octanol–water partition coefficient (Wildman–Crippen LogP) is -1.66. The van der Waals surface area contributed by atoms with Gasteiger partial charge < -0.3 is 108 Å². The number of allylic oxidation sites excluding steroid dienone is 3. The van der Waals surface area contributed by atoms with Gasteiger partial charge >= 0.3 is 11.9 Å². The third-order valence-electron chi connectivity index (χ3n) is 14.9. The van der Waals surface area contributed by atoms with Crippen LogP contribution in [0.3, 0.4) is 0 Å². The van der Waals surface area contributed by atoms with Gasteiger partial charge in [-0.25, -0.2) is 4.79 Å². The summed E-state index contributed by atoms with van der Waals surface area (Å²) in [5.41, 5.74) is -0.806. The summed E-state index contributed by atoms with van der Waals surface area (Å²) in [7, 11) is 6.43. The maximum Gasteiger partial charge on any atom is 0.335 e. The molecule has 25 atom stereocenters. The molecule has 25 heteroatoms. The number of cyclic esters (lactones) is 1. The maximum atomic E-state index is 13.8. The van der Waals surface area contributed by atoms with Crippen LogP contribution in [0.25, 0.3) is 0 Å². The number of ketones is 1. The first-order chi connectivity index (χ1) is 36.0. The minimum atomic E-state index is -2.20. The first-order valence-electron chi connectivity index (χ1n) is 26.1. The summed E-state index contributed by atoms with van der Waals surface area (Å²) in [6, 6.07) is -0.748. The molecule has 0 aromatic heterocycles. The van der Waals surface area contributed by atoms with Crippen molar-refractivity contribution in [2.45, 2.75) is 216 Å². The molecule has 0 aromatic carbocycles. The molecule has 4 heterocycles. The molecule has 3 fully saturated rings. The number of hydrogen-bond acceptors (Lipinski definition) is 24. The lowest BCUT2D eigenvalue weighted by molar-refractivity contribution is -0.341. The Hall–Kier alpha value is -3.00. The number of rotatable bonds is 18. The molecule has 3 saturated heterocycles. The van der Waals surface area contributed by atoms with Gasteiger partial charge in [0.05, 0.1) is 61.8 Å². The lowest BCUT2D eigenvalue weighted by atomic mass is 9.79. The highest BCUT2D eigenvalue weighted by Crippen LogP contribution is 2.38. The number of aliphatic hydroxyl groups excluding tert-OH is 9. The van der Waals surface area contributed by atoms with E-state index >= 15 is 0 Å². The van der Waals surface area contributed by atoms with Crippen molar-refractivity contribution in [3.8, 4) is 0 Å². The fourth-order valence-electron chi connectivity index (χ4n) is 10.2. The van der Waals surface area contributed by atoms with Gasteiger partial charge in [0.15, 0.2) is 30.8 Å². The number of likely N-dealkylation sites (N-methyl/N-ethyl adjacent to an activating group) is 1. The molecule has 25 nitrogen and oxygen atoms in total. The number of methoxy groups -OCH3 is 2. The Bertz CT molecular complexity index is 1890. The number of hydrogen-bond donors (Lipinski definition) is 11. The van der Waals surface area contributed by atoms with Gasteiger partial charge in [-0.15, -0.1) is 0 Å². The van der Waals surface area contributed by atoms with Crippen molar-refractivity contribution in [3.63, 3.8) is 0 Å². The summed E-state index contributed by atoms with van der Waals surface area (Å²) in [6.07, 6.45) is -16.3. The molecule has 0 aliphatic carbocycles. The minimum Gasteiger partial charge on any atom is -0.479 e. The third-order valence-corrected chi connectivity index (χ3v) is 14.9. The van der Waals surface area contributed by atoms with Crippen molar-refractivity contribution in [2.24, 2.45) is 23.7 Å². The number of carboxylic acid groups (broad SMARTS) is 1. The van der Waals surface area contributed by atoms with Crippen LogP contribution >= 0.6 is 0 Å². The van der Waals surface area contributed by atoms with Crippen molar-refractivity contribution in [1.82, 2.24) is 4.90 Å². The molecule has 4 aliphatic heterocycles. The number of aliphatic carboxylic acids is 1. The highest BCUT2D eigenvalue weighted by atomic mass is 16.7. The Kier molecular flexibility index (Phi) is 27.7. The Morgan fingerprint density at radius 3 is 2.03 bits per heavy atom. The molecule has 1 unspecified atom stereocenters. The average molecular weight is 1110 g/mol. The van der Waals surface area contributed by atoms with Crippen LogP contribution in [0.2, 0.25) is 0 Å². The van der Waals surface area contributed by atoms with E-state index in [0.717, 1.165) is 6.29 Å². The summed E-state index contributed by atoms with van der Waals surface area (Å²) in [5.74, 6) is -5.31. The largest absolute Gasteiger partial charge is 0.479 e. The molecule has 0 bridgehead atoms. The van der Waals surface area contributed by atoms with Gasteiger partial charge in [0.1, 0.15) is 67.3 Å². The molecule has 0 saturated carbocycles. The molecular formula is C52H89NO24. The Morgan fingerprint density at radius 2 is 1.48 bits per heavy atom. The Labute approximate surface area is 450 Å². The molecule has 0 amide bonds. The van der Waals surface area contributed by atoms with Crippen LogP contribution in [0.5, 0.6) is 0 Å². The van der Waals surface area contributed by atoms with Gasteiger partial charge in [0.2, 0.25) is 0 Å². The van der Waals surface area contributed by atoms with E-state index in [9.17, 15) is 44.7 Å². The summed E-state index contributed by atoms with van der Waals surface area (Å²) in [5, 5.41) is 108. The lowest BCUT2D eigenvalue weighted by Crippen LogP contribution is -2.65. The SMILES string of the molecule is CC[C@H]1OC(=O)C[C@@H](O)[C@H](C)[C@@H](O[C@H]2O[C@H](C)[C@@H](O[C@H]3C[C@@](C)(O)[C@@H](O)[C@H](C)O3)[C@H](N(C)C)[C@H]2O)[C@@H](CC=O)C[C@@H](C)C(=O)/C=C/C(C)=C/C1CO[C@@H]1O[C@H](C)[C@@H](O)[C@@H](OC)[C@H]1OC.O=C(O)[C@H](O)[C@@H](O)[C@H](O)[C@H](O)CO. The van der Waals surface area contributed by atoms with Crippen LogP contribution in [-0.2, 0) is 61.8 Å². The van der Waals surface area contributed by atoms with E-state index in [2.05, 4.69) is 0 Å². The number of carbonyl (C=O) groups is 4. The Morgan fingerprint density at radius 1 is 0.857 bits per heavy atom. The molecule has 4 aliphatic rings. The van der Waals surface area contributed by atoms with E-state index < -0.39 is 177 Å². The number of esters is 1. The predicted molar refractivity (Wildman–Crippen MR) is 269 cm³/mol. The average Bonchev–Trinajstić information content (AvgIpc) is 3.37. The number of carboxylic acids is 1. The fraction of sp³-hybridized carbons (Fsp3) is 0.846. The van der Waals surface area contributed by atoms with Gasteiger partial charge in [-0.05, 0) is 73.5 Å². The van der Waals surface area contributed by atoms with Crippen LogP contribution in [0.15, 0.2) is 23.8 Å². The van der Waals surface area contributed by atoms with Crippen molar-refractivity contribution in [1.29, 1.82) is 0 Å². The third kappa shape index (κ3) is 18.5. The van der Waals surface area contributed by atoms with Crippen molar-refractivity contribution in [2.75, 3.05) is 41.5 Å². The molecule has 4 rings (SSSR count). The first kappa shape index (κ1) is 68.3. The molecule has 0 aromatic rings. The zero-order chi connectivity index (χ0) is 58.4. The smallest absolute Gasteiger partial charge is 0.335 e. The highest BCUT2D eigenvalue weighted by molar-refractivity contribution is 5.91. The number of aldehydes is 1. The number of nitrogens with zero attached hydrogens (tertiary/aromatic N) is 1. The topological polar surface area (TPSA) is 377 Å². The zero-order valence-corrected chi connectivity index (χ0v) is 46.3. The van der Waals surface area contributed by atoms with Gasteiger partial charge in [-0.2, -0.15) is 0 Å². The van der Waals surface area contributed by atoms with Crippen LogP contribution in [0.1, 0.15) is 87.5 Å². The van der Waals surface area contributed by atoms with Crippen LogP contribution < -0.4 is 0 Å². The Balaban J connectivity index is 0.00000105. The fourth-order valence-corrected chi connectivity index (χ4v) is 10.2. The molecular weight excluding hydrogens is 1020 g/mol. The summed E-state index contributed by atoms with van der Waals surface area (Å²) in [6.45, 7) is 12.8. The van der Waals surface area contributed by atoms with Crippen molar-refractivity contribution < 1.29 is 118 Å². The number of carbonyl (C=O) groups excluding carboxylic acids is 3. The second kappa shape index (κ2) is 31.3. The van der Waals surface area contributed by atoms with Crippen molar-refractivity contribution >= 4 is 24.0 Å². The molecule has 0 spiro atoms. The van der Waals surface area contributed by atoms with E-state index in [1.165, 1.54) is 27.2 Å². The summed E-state index contributed by atoms with van der Waals surface area (Å²) < 4.78 is 54.7. The van der Waals surface area contributed by atoms with E-state index in [1.54, 1.807) is 59.7 Å². The van der Waals surface area contributed by atoms with Crippen LogP contribution in [-0.4, -0.2) is 255 Å². The normalized spacial score (nSPS) is 41.6. The second-order valence-corrected chi connectivity index (χ2v) is 21.3. The first-order valence-corrected chi connectivity index (χ1v) is 26.1. The van der Waals surface area contributed by atoms with E-state index in [1.807, 2.05) is 19.9 Å². The quantitative estimate of drug-likeness (QED) is 0.0540. The monoisotopic (exact) mass is 1110 g/mol. The van der Waals surface area contributed by atoms with E-state index in [0.29, 0.717) is 12.0 Å². The number of aliphatic hydroxyl groups is 10. The lowest BCUT2D eigenvalue weighted by Gasteiger charge is -2.50. The molecule has 0 radical (unpaired) electrons. The molecule has 77 heavy (non-hydrogen) atoms. The van der Waals surface area contributed by atoms with Gasteiger partial charge in [-0.1, -0.05) is 38.5 Å². The minimum absolute atomic E-state index is 0.00788. The summed E-state index contributed by atoms with van der Waals surface area (Å²) >= 11 is 0. The second-order valence-electron chi connectivity index (χ2n) is 21.3. The van der Waals surface area contributed by atoms with Gasteiger partial charge in [-0.3, -0.25) is 9.59 Å². The highest BCUT2D eigenvalue weighted by Gasteiger charge is 2.52. The summed E-state index contributed by atoms with van der Waals surface area (Å²) in [4.78, 5) is 51.6. The van der Waals surface area contributed by atoms with E-state index in [4.69, 9.17) is 73.3 Å². The standard InChI is InChI=1S/C46H77NO17.C6H12O7/c1-13-33-30(22-58-45-42(57-12)41(56-11)37(52)26(5)60-45)18-23(2)14-15-31(49)24(3)19-29(16-17-48)39(25(4)32(50)20-34(51)62-33)64-44-38(53)36(47(9)10)40(27(6)61-44)63-35-21-46(8,55)43(54)28(7)59-35;7-1-2(8)3(9)4(10)5(11)6(12)13/h14-15,17-18,24-30,32-33,35-45,50,52-55H,13,16,19-22H2,1-12H3;2-5,7-11H,1H2,(H,12,13)/b15-14+,23-18+;/t24-,25+,26-,27-,28+,29+,30?,32-,33-,35+,36-,37-,38-,39-,40-,41-,42-,43+,44-,45-,46-;2-,3-,4+,5-/m11/s1. The van der Waals surface area contributed by atoms with Crippen LogP contribution in [0.4, 0.5) is 0 Å². The van der Waals surface area contributed by atoms with Gasteiger partial charge in [0.25, 0.3) is 0 Å². The number of ether oxygens (including phenoxy) is 9. The molecule has 11 N–H and O–H groups in total. The van der Waals surface area contributed by atoms with Crippen molar-refractivity contribution in [3.05, 3.63) is 23.8 Å². The maximum absolute atomic E-state index is 13.8. The zero-order valence-electron chi connectivity index (χ0n) is 46.3. The molecule has 446 valence electrons. The van der Waals surface area contributed by atoms with E-state index in [-0.39, 0.29) is 31.7 Å².